The number of rotatable bonds is 2. The Morgan fingerprint density at radius 1 is 1.39 bits per heavy atom. The fourth-order valence-corrected chi connectivity index (χ4v) is 2.08. The summed E-state index contributed by atoms with van der Waals surface area (Å²) in [6.07, 6.45) is 3.05. The van der Waals surface area contributed by atoms with Crippen LogP contribution >= 0.6 is 0 Å². The van der Waals surface area contributed by atoms with Crippen LogP contribution in [0.25, 0.3) is 0 Å². The fraction of sp³-hybridized carbons (Fsp3) is 0.846. The number of aliphatic imine (C=N–C) groups is 1. The maximum absolute atomic E-state index is 11.8. The number of piperidine rings is 1. The summed E-state index contributed by atoms with van der Waals surface area (Å²) in [4.78, 5) is 27.5. The van der Waals surface area contributed by atoms with Gasteiger partial charge in [-0.05, 0) is 46.5 Å². The molecule has 0 aliphatic carbocycles. The van der Waals surface area contributed by atoms with Crippen molar-refractivity contribution in [1.29, 1.82) is 0 Å². The molecule has 102 valence electrons. The van der Waals surface area contributed by atoms with E-state index in [0.29, 0.717) is 19.0 Å². The van der Waals surface area contributed by atoms with Crippen LogP contribution in [0.2, 0.25) is 0 Å². The van der Waals surface area contributed by atoms with Gasteiger partial charge in [0.2, 0.25) is 6.08 Å². The summed E-state index contributed by atoms with van der Waals surface area (Å²) < 4.78 is 5.32. The standard InChI is InChI=1S/C13H22N2O3/c1-10(14-9-16)11-5-7-15(8-6-11)12(17)18-13(2,3)4/h10-11H,5-8H2,1-4H3. The van der Waals surface area contributed by atoms with Crippen LogP contribution in [0.1, 0.15) is 40.5 Å². The zero-order valence-electron chi connectivity index (χ0n) is 11.6. The molecular weight excluding hydrogens is 232 g/mol. The van der Waals surface area contributed by atoms with E-state index in [2.05, 4.69) is 4.99 Å². The third-order valence-electron chi connectivity index (χ3n) is 3.13. The van der Waals surface area contributed by atoms with Crippen molar-refractivity contribution in [1.82, 2.24) is 4.90 Å². The first-order valence-corrected chi connectivity index (χ1v) is 6.38. The van der Waals surface area contributed by atoms with E-state index in [9.17, 15) is 9.59 Å². The van der Waals surface area contributed by atoms with Gasteiger partial charge in [0.1, 0.15) is 5.60 Å². The van der Waals surface area contributed by atoms with Gasteiger partial charge >= 0.3 is 6.09 Å². The molecule has 1 amide bonds. The van der Waals surface area contributed by atoms with Crippen LogP contribution in [0.15, 0.2) is 4.99 Å². The van der Waals surface area contributed by atoms with Gasteiger partial charge in [-0.15, -0.1) is 0 Å². The minimum atomic E-state index is -0.455. The van der Waals surface area contributed by atoms with Gasteiger partial charge in [-0.25, -0.2) is 14.6 Å². The Morgan fingerprint density at radius 3 is 2.39 bits per heavy atom. The van der Waals surface area contributed by atoms with E-state index in [4.69, 9.17) is 4.74 Å². The van der Waals surface area contributed by atoms with Gasteiger partial charge in [-0.2, -0.15) is 0 Å². The predicted octanol–water partition coefficient (Wildman–Crippen LogP) is 2.36. The Morgan fingerprint density at radius 2 is 1.94 bits per heavy atom. The van der Waals surface area contributed by atoms with Crippen molar-refractivity contribution in [2.24, 2.45) is 10.9 Å². The van der Waals surface area contributed by atoms with Crippen molar-refractivity contribution < 1.29 is 14.3 Å². The van der Waals surface area contributed by atoms with Crippen molar-refractivity contribution in [3.05, 3.63) is 0 Å². The number of amides is 1. The second-order valence-corrected chi connectivity index (χ2v) is 5.77. The van der Waals surface area contributed by atoms with E-state index in [1.807, 2.05) is 27.7 Å². The average molecular weight is 254 g/mol. The quantitative estimate of drug-likeness (QED) is 0.561. The lowest BCUT2D eigenvalue weighted by Gasteiger charge is -2.34. The second kappa shape index (κ2) is 6.01. The Bertz CT molecular complexity index is 335. The number of isocyanates is 1. The average Bonchev–Trinajstić information content (AvgIpc) is 2.27. The lowest BCUT2D eigenvalue weighted by Crippen LogP contribution is -2.43. The van der Waals surface area contributed by atoms with Gasteiger partial charge in [0, 0.05) is 13.1 Å². The van der Waals surface area contributed by atoms with E-state index in [0.717, 1.165) is 12.8 Å². The third-order valence-corrected chi connectivity index (χ3v) is 3.13. The maximum atomic E-state index is 11.8. The molecule has 1 fully saturated rings. The molecular formula is C13H22N2O3. The highest BCUT2D eigenvalue weighted by Gasteiger charge is 2.28. The first kappa shape index (κ1) is 14.7. The highest BCUT2D eigenvalue weighted by molar-refractivity contribution is 5.68. The molecule has 1 heterocycles. The first-order chi connectivity index (χ1) is 8.33. The van der Waals surface area contributed by atoms with Gasteiger partial charge < -0.3 is 9.64 Å². The van der Waals surface area contributed by atoms with E-state index >= 15 is 0 Å². The summed E-state index contributed by atoms with van der Waals surface area (Å²) in [7, 11) is 0. The van der Waals surface area contributed by atoms with Crippen LogP contribution < -0.4 is 0 Å². The van der Waals surface area contributed by atoms with Crippen molar-refractivity contribution in [3.63, 3.8) is 0 Å². The zero-order chi connectivity index (χ0) is 13.8. The molecule has 0 aromatic rings. The largest absolute Gasteiger partial charge is 0.444 e. The minimum absolute atomic E-state index is 0.0108. The van der Waals surface area contributed by atoms with Crippen molar-refractivity contribution in [2.45, 2.75) is 52.2 Å². The number of hydrogen-bond acceptors (Lipinski definition) is 4. The second-order valence-electron chi connectivity index (χ2n) is 5.77. The molecule has 1 rings (SSSR count). The number of ether oxygens (including phenoxy) is 1. The van der Waals surface area contributed by atoms with Crippen molar-refractivity contribution >= 4 is 12.2 Å². The van der Waals surface area contributed by atoms with Gasteiger partial charge in [-0.1, -0.05) is 0 Å². The maximum Gasteiger partial charge on any atom is 0.410 e. The molecule has 5 nitrogen and oxygen atoms in total. The summed E-state index contributed by atoms with van der Waals surface area (Å²) in [5.74, 6) is 0.352. The molecule has 1 saturated heterocycles. The van der Waals surface area contributed by atoms with Gasteiger partial charge in [0.05, 0.1) is 6.04 Å². The molecule has 0 N–H and O–H groups in total. The molecule has 0 aromatic carbocycles. The molecule has 1 unspecified atom stereocenters. The van der Waals surface area contributed by atoms with Gasteiger partial charge in [-0.3, -0.25) is 0 Å². The topological polar surface area (TPSA) is 59.0 Å². The molecule has 5 heteroatoms. The number of hydrogen-bond donors (Lipinski definition) is 0. The Balaban J connectivity index is 2.44. The summed E-state index contributed by atoms with van der Waals surface area (Å²) in [6.45, 7) is 8.82. The van der Waals surface area contributed by atoms with Crippen molar-refractivity contribution in [3.8, 4) is 0 Å². The lowest BCUT2D eigenvalue weighted by molar-refractivity contribution is 0.0177. The van der Waals surface area contributed by atoms with Crippen LogP contribution in [-0.4, -0.2) is 41.8 Å². The van der Waals surface area contributed by atoms with Crippen molar-refractivity contribution in [2.75, 3.05) is 13.1 Å². The van der Waals surface area contributed by atoms with Crippen LogP contribution in [-0.2, 0) is 9.53 Å². The van der Waals surface area contributed by atoms with E-state index < -0.39 is 5.60 Å². The molecule has 1 atom stereocenters. The number of likely N-dealkylation sites (tertiary alicyclic amines) is 1. The summed E-state index contributed by atoms with van der Waals surface area (Å²) in [5, 5.41) is 0. The molecule has 1 aliphatic rings. The van der Waals surface area contributed by atoms with E-state index in [1.165, 1.54) is 0 Å². The molecule has 0 radical (unpaired) electrons. The van der Waals surface area contributed by atoms with Gasteiger partial charge in [0.15, 0.2) is 0 Å². The summed E-state index contributed by atoms with van der Waals surface area (Å²) in [5.41, 5.74) is -0.455. The number of nitrogens with zero attached hydrogens (tertiary/aromatic N) is 2. The van der Waals surface area contributed by atoms with Gasteiger partial charge in [0.25, 0.3) is 0 Å². The molecule has 0 spiro atoms. The Kier molecular flexibility index (Phi) is 4.91. The molecule has 1 aliphatic heterocycles. The molecule has 18 heavy (non-hydrogen) atoms. The number of carbonyl (C=O) groups excluding carboxylic acids is 2. The summed E-state index contributed by atoms with van der Waals surface area (Å²) in [6, 6.07) is -0.0108. The Labute approximate surface area is 108 Å². The Hall–Kier alpha value is -1.35. The highest BCUT2D eigenvalue weighted by Crippen LogP contribution is 2.23. The molecule has 0 bridgehead atoms. The molecule has 0 saturated carbocycles. The lowest BCUT2D eigenvalue weighted by atomic mass is 9.91. The SMILES string of the molecule is CC(N=C=O)C1CCN(C(=O)OC(C)(C)C)CC1. The normalized spacial score (nSPS) is 19.0. The van der Waals surface area contributed by atoms with Crippen LogP contribution in [0.3, 0.4) is 0 Å². The first-order valence-electron chi connectivity index (χ1n) is 6.38. The fourth-order valence-electron chi connectivity index (χ4n) is 2.08. The van der Waals surface area contributed by atoms with Crippen LogP contribution in [0, 0.1) is 5.92 Å². The van der Waals surface area contributed by atoms with Crippen LogP contribution in [0.4, 0.5) is 4.79 Å². The van der Waals surface area contributed by atoms with E-state index in [1.54, 1.807) is 11.0 Å². The predicted molar refractivity (Wildman–Crippen MR) is 68.1 cm³/mol. The third kappa shape index (κ3) is 4.49. The van der Waals surface area contributed by atoms with E-state index in [-0.39, 0.29) is 12.1 Å². The zero-order valence-corrected chi connectivity index (χ0v) is 11.6. The number of carbonyl (C=O) groups is 1. The monoisotopic (exact) mass is 254 g/mol. The minimum Gasteiger partial charge on any atom is -0.444 e. The molecule has 0 aromatic heterocycles. The van der Waals surface area contributed by atoms with Crippen LogP contribution in [0.5, 0.6) is 0 Å². The summed E-state index contributed by atoms with van der Waals surface area (Å²) >= 11 is 0. The highest BCUT2D eigenvalue weighted by atomic mass is 16.6. The smallest absolute Gasteiger partial charge is 0.410 e.